The van der Waals surface area contributed by atoms with Gasteiger partial charge in [-0.25, -0.2) is 0 Å². The van der Waals surface area contributed by atoms with Gasteiger partial charge in [0.15, 0.2) is 5.79 Å². The molecular weight excluding hydrogens is 356 g/mol. The summed E-state index contributed by atoms with van der Waals surface area (Å²) in [5.41, 5.74) is 2.51. The van der Waals surface area contributed by atoms with Crippen molar-refractivity contribution in [3.05, 3.63) is 71.8 Å². The van der Waals surface area contributed by atoms with E-state index in [1.165, 1.54) is 49.7 Å². The van der Waals surface area contributed by atoms with Crippen LogP contribution in [0.15, 0.2) is 60.7 Å². The predicted molar refractivity (Wildman–Crippen MR) is 123 cm³/mol. The Morgan fingerprint density at radius 3 is 1.52 bits per heavy atom. The van der Waals surface area contributed by atoms with Crippen molar-refractivity contribution in [3.63, 3.8) is 0 Å². The van der Waals surface area contributed by atoms with Gasteiger partial charge in [-0.2, -0.15) is 0 Å². The lowest BCUT2D eigenvalue weighted by molar-refractivity contribution is -0.246. The van der Waals surface area contributed by atoms with Crippen molar-refractivity contribution in [1.29, 1.82) is 0 Å². The van der Waals surface area contributed by atoms with Crippen molar-refractivity contribution in [2.24, 2.45) is 0 Å². The Hall–Kier alpha value is -1.64. The first-order valence-corrected chi connectivity index (χ1v) is 11.6. The first-order valence-electron chi connectivity index (χ1n) is 11.6. The normalized spacial score (nSPS) is 11.9. The summed E-state index contributed by atoms with van der Waals surface area (Å²) in [4.78, 5) is 0. The highest BCUT2D eigenvalue weighted by atomic mass is 16.7. The molecule has 0 saturated carbocycles. The molecule has 0 radical (unpaired) electrons. The van der Waals surface area contributed by atoms with Gasteiger partial charge >= 0.3 is 0 Å². The van der Waals surface area contributed by atoms with Gasteiger partial charge < -0.3 is 9.47 Å². The third kappa shape index (κ3) is 7.28. The topological polar surface area (TPSA) is 18.5 Å². The van der Waals surface area contributed by atoms with Crippen LogP contribution in [0.5, 0.6) is 0 Å². The fourth-order valence-electron chi connectivity index (χ4n) is 4.31. The van der Waals surface area contributed by atoms with Crippen LogP contribution in [-0.2, 0) is 9.47 Å². The second kappa shape index (κ2) is 13.6. The molecule has 0 atom stereocenters. The molecule has 2 heteroatoms. The first kappa shape index (κ1) is 23.6. The van der Waals surface area contributed by atoms with E-state index in [0.717, 1.165) is 12.8 Å². The summed E-state index contributed by atoms with van der Waals surface area (Å²) in [6, 6.07) is 21.4. The Labute approximate surface area is 178 Å². The number of unbranched alkanes of at least 4 members (excludes halogenated alkanes) is 6. The minimum absolute atomic E-state index is 0.0601. The number of rotatable bonds is 15. The molecule has 0 saturated heterocycles. The van der Waals surface area contributed by atoms with Crippen molar-refractivity contribution < 1.29 is 9.47 Å². The van der Waals surface area contributed by atoms with E-state index < -0.39 is 5.79 Å². The third-order valence-electron chi connectivity index (χ3n) is 5.61. The quantitative estimate of drug-likeness (QED) is 0.226. The van der Waals surface area contributed by atoms with Gasteiger partial charge in [0, 0.05) is 19.6 Å². The molecule has 0 aromatic heterocycles. The summed E-state index contributed by atoms with van der Waals surface area (Å²) >= 11 is 0. The molecule has 2 aromatic rings. The van der Waals surface area contributed by atoms with Gasteiger partial charge in [0.2, 0.25) is 0 Å². The van der Waals surface area contributed by atoms with Crippen LogP contribution < -0.4 is 0 Å². The van der Waals surface area contributed by atoms with Crippen LogP contribution in [0.25, 0.3) is 0 Å². The van der Waals surface area contributed by atoms with E-state index in [-0.39, 0.29) is 5.92 Å². The van der Waals surface area contributed by atoms with Crippen LogP contribution in [0.3, 0.4) is 0 Å². The molecule has 0 aliphatic rings. The fourth-order valence-corrected chi connectivity index (χ4v) is 4.31. The van der Waals surface area contributed by atoms with Gasteiger partial charge in [0.1, 0.15) is 0 Å². The monoisotopic (exact) mass is 396 g/mol. The Balaban J connectivity index is 2.25. The second-order valence-corrected chi connectivity index (χ2v) is 7.80. The molecule has 0 heterocycles. The molecule has 0 amide bonds. The van der Waals surface area contributed by atoms with Gasteiger partial charge in [-0.3, -0.25) is 0 Å². The van der Waals surface area contributed by atoms with Crippen molar-refractivity contribution in [1.82, 2.24) is 0 Å². The lowest BCUT2D eigenvalue weighted by Crippen LogP contribution is -2.43. The van der Waals surface area contributed by atoms with E-state index in [1.54, 1.807) is 0 Å². The molecule has 0 aliphatic carbocycles. The molecule has 29 heavy (non-hydrogen) atoms. The molecule has 2 rings (SSSR count). The zero-order valence-corrected chi connectivity index (χ0v) is 18.7. The summed E-state index contributed by atoms with van der Waals surface area (Å²) in [5, 5.41) is 0. The van der Waals surface area contributed by atoms with Gasteiger partial charge in [0.05, 0.1) is 5.92 Å². The molecule has 0 aliphatic heterocycles. The number of benzene rings is 2. The maximum absolute atomic E-state index is 6.46. The van der Waals surface area contributed by atoms with Crippen molar-refractivity contribution >= 4 is 0 Å². The largest absolute Gasteiger partial charge is 0.349 e. The van der Waals surface area contributed by atoms with Crippen LogP contribution in [0.2, 0.25) is 0 Å². The van der Waals surface area contributed by atoms with Gasteiger partial charge in [-0.1, -0.05) is 106 Å². The van der Waals surface area contributed by atoms with E-state index in [4.69, 9.17) is 9.47 Å². The molecule has 0 spiro atoms. The van der Waals surface area contributed by atoms with Crippen LogP contribution in [0.4, 0.5) is 0 Å². The third-order valence-corrected chi connectivity index (χ3v) is 5.61. The summed E-state index contributed by atoms with van der Waals surface area (Å²) in [5.74, 6) is -0.569. The Morgan fingerprint density at radius 1 is 0.621 bits per heavy atom. The summed E-state index contributed by atoms with van der Waals surface area (Å²) in [6.45, 7) is 7.71. The predicted octanol–water partition coefficient (Wildman–Crippen LogP) is 7.73. The first-order chi connectivity index (χ1) is 14.3. The average molecular weight is 397 g/mol. The van der Waals surface area contributed by atoms with Crippen molar-refractivity contribution in [2.45, 2.75) is 83.8 Å². The van der Waals surface area contributed by atoms with E-state index >= 15 is 0 Å². The second-order valence-electron chi connectivity index (χ2n) is 7.80. The maximum Gasteiger partial charge on any atom is 0.179 e. The number of hydrogen-bond acceptors (Lipinski definition) is 2. The molecular formula is C27H40O2. The van der Waals surface area contributed by atoms with Crippen LogP contribution in [0, 0.1) is 0 Å². The smallest absolute Gasteiger partial charge is 0.179 e. The van der Waals surface area contributed by atoms with E-state index in [1.807, 2.05) is 0 Å². The molecule has 2 aromatic carbocycles. The fraction of sp³-hybridized carbons (Fsp3) is 0.556. The van der Waals surface area contributed by atoms with Crippen molar-refractivity contribution in [3.8, 4) is 0 Å². The van der Waals surface area contributed by atoms with Gasteiger partial charge in [-0.05, 0) is 31.4 Å². The highest BCUT2D eigenvalue weighted by molar-refractivity contribution is 5.35. The maximum atomic E-state index is 6.46. The SMILES string of the molecule is CCCCCCCCCC(OCC)(OCC)C(c1ccccc1)c1ccccc1. The zero-order valence-electron chi connectivity index (χ0n) is 18.7. The Kier molecular flexibility index (Phi) is 11.1. The molecule has 0 fully saturated rings. The minimum Gasteiger partial charge on any atom is -0.349 e. The van der Waals surface area contributed by atoms with E-state index in [9.17, 15) is 0 Å². The minimum atomic E-state index is -0.629. The molecule has 0 bridgehead atoms. The highest BCUT2D eigenvalue weighted by Crippen LogP contribution is 2.42. The molecule has 0 N–H and O–H groups in total. The molecule has 160 valence electrons. The standard InChI is InChI=1S/C27H40O2/c1-4-7-8-9-10-11-18-23-27(28-5-2,29-6-3)26(24-19-14-12-15-20-24)25-21-16-13-17-22-25/h12-17,19-22,26H,4-11,18,23H2,1-3H3. The molecule has 2 nitrogen and oxygen atoms in total. The Morgan fingerprint density at radius 2 is 1.07 bits per heavy atom. The van der Waals surface area contributed by atoms with Gasteiger partial charge in [0.25, 0.3) is 0 Å². The molecule has 0 unspecified atom stereocenters. The Bertz CT molecular complexity index is 593. The summed E-state index contributed by atoms with van der Waals surface area (Å²) in [7, 11) is 0. The lowest BCUT2D eigenvalue weighted by atomic mass is 9.81. The summed E-state index contributed by atoms with van der Waals surface area (Å²) < 4.78 is 12.9. The van der Waals surface area contributed by atoms with E-state index in [2.05, 4.69) is 81.4 Å². The zero-order chi connectivity index (χ0) is 20.8. The lowest BCUT2D eigenvalue weighted by Gasteiger charge is -2.41. The highest BCUT2D eigenvalue weighted by Gasteiger charge is 2.42. The number of ether oxygens (including phenoxy) is 2. The van der Waals surface area contributed by atoms with Gasteiger partial charge in [-0.15, -0.1) is 0 Å². The van der Waals surface area contributed by atoms with Crippen LogP contribution >= 0.6 is 0 Å². The summed E-state index contributed by atoms with van der Waals surface area (Å²) in [6.07, 6.45) is 9.93. The van der Waals surface area contributed by atoms with E-state index in [0.29, 0.717) is 13.2 Å². The number of hydrogen-bond donors (Lipinski definition) is 0. The van der Waals surface area contributed by atoms with Crippen molar-refractivity contribution in [2.75, 3.05) is 13.2 Å². The van der Waals surface area contributed by atoms with Crippen LogP contribution in [-0.4, -0.2) is 19.0 Å². The average Bonchev–Trinajstić information content (AvgIpc) is 2.75. The van der Waals surface area contributed by atoms with Crippen LogP contribution in [0.1, 0.15) is 89.2 Å².